The summed E-state index contributed by atoms with van der Waals surface area (Å²) in [5, 5.41) is 5.29. The molecule has 0 bridgehead atoms. The number of hydrogen-bond donors (Lipinski definition) is 1. The number of rotatable bonds is 7. The summed E-state index contributed by atoms with van der Waals surface area (Å²) in [5.41, 5.74) is 2.22. The van der Waals surface area contributed by atoms with E-state index in [1.54, 1.807) is 18.4 Å². The summed E-state index contributed by atoms with van der Waals surface area (Å²) in [6.07, 6.45) is 0. The molecule has 1 unspecified atom stereocenters. The van der Waals surface area contributed by atoms with Gasteiger partial charge in [0.15, 0.2) is 0 Å². The molecule has 1 aliphatic rings. The lowest BCUT2D eigenvalue weighted by Gasteiger charge is -2.36. The van der Waals surface area contributed by atoms with Crippen LogP contribution < -0.4 is 15.0 Å². The van der Waals surface area contributed by atoms with Crippen LogP contribution >= 0.6 is 11.3 Å². The molecule has 1 saturated heterocycles. The van der Waals surface area contributed by atoms with Gasteiger partial charge >= 0.3 is 0 Å². The predicted molar refractivity (Wildman–Crippen MR) is 122 cm³/mol. The summed E-state index contributed by atoms with van der Waals surface area (Å²) in [6.45, 7) is 3.86. The molecule has 2 aromatic carbocycles. The van der Waals surface area contributed by atoms with Gasteiger partial charge < -0.3 is 15.0 Å². The van der Waals surface area contributed by atoms with Gasteiger partial charge in [-0.2, -0.15) is 0 Å². The number of ether oxygens (including phenoxy) is 1. The number of carbonyl (C=O) groups is 1. The second-order valence-corrected chi connectivity index (χ2v) is 8.34. The van der Waals surface area contributed by atoms with Crippen molar-refractivity contribution in [3.8, 4) is 5.75 Å². The Labute approximate surface area is 181 Å². The summed E-state index contributed by atoms with van der Waals surface area (Å²) in [6, 6.07) is 22.3. The number of amides is 1. The molecule has 3 aromatic rings. The highest BCUT2D eigenvalue weighted by atomic mass is 32.1. The van der Waals surface area contributed by atoms with Crippen LogP contribution in [0.4, 0.5) is 5.69 Å². The van der Waals surface area contributed by atoms with Crippen LogP contribution in [0.2, 0.25) is 0 Å². The minimum atomic E-state index is -0.103. The van der Waals surface area contributed by atoms with E-state index in [1.807, 2.05) is 42.5 Å². The van der Waals surface area contributed by atoms with E-state index in [0.29, 0.717) is 6.54 Å². The van der Waals surface area contributed by atoms with Gasteiger partial charge in [-0.3, -0.25) is 9.69 Å². The highest BCUT2D eigenvalue weighted by molar-refractivity contribution is 7.10. The molecule has 1 amide bonds. The van der Waals surface area contributed by atoms with Gasteiger partial charge in [0.25, 0.3) is 0 Å². The quantitative estimate of drug-likeness (QED) is 0.631. The normalized spacial score (nSPS) is 15.6. The molecule has 1 fully saturated rings. The first kappa shape index (κ1) is 20.4. The molecule has 30 heavy (non-hydrogen) atoms. The molecule has 4 rings (SSSR count). The smallest absolute Gasteiger partial charge is 0.234 e. The van der Waals surface area contributed by atoms with Crippen LogP contribution in [0.5, 0.6) is 5.75 Å². The number of piperazine rings is 1. The van der Waals surface area contributed by atoms with Crippen molar-refractivity contribution in [3.05, 3.63) is 82.6 Å². The van der Waals surface area contributed by atoms with Crippen LogP contribution in [0.3, 0.4) is 0 Å². The molecule has 1 N–H and O–H groups in total. The van der Waals surface area contributed by atoms with Gasteiger partial charge in [-0.25, -0.2) is 0 Å². The second-order valence-electron chi connectivity index (χ2n) is 7.36. The predicted octanol–water partition coefficient (Wildman–Crippen LogP) is 3.78. The van der Waals surface area contributed by atoms with Crippen molar-refractivity contribution < 1.29 is 9.53 Å². The Kier molecular flexibility index (Phi) is 6.67. The highest BCUT2D eigenvalue weighted by Crippen LogP contribution is 2.28. The van der Waals surface area contributed by atoms with Gasteiger partial charge in [0.2, 0.25) is 5.91 Å². The molecule has 1 atom stereocenters. The maximum absolute atomic E-state index is 12.9. The average Bonchev–Trinajstić information content (AvgIpc) is 3.33. The van der Waals surface area contributed by atoms with E-state index in [2.05, 4.69) is 44.8 Å². The zero-order valence-corrected chi connectivity index (χ0v) is 18.0. The summed E-state index contributed by atoms with van der Waals surface area (Å²) in [7, 11) is 1.70. The molecule has 1 aromatic heterocycles. The number of benzene rings is 2. The Hall–Kier alpha value is -2.83. The minimum absolute atomic E-state index is 0.0583. The van der Waals surface area contributed by atoms with Crippen LogP contribution in [-0.2, 0) is 4.79 Å². The molecule has 0 radical (unpaired) electrons. The van der Waals surface area contributed by atoms with E-state index in [4.69, 9.17) is 4.74 Å². The minimum Gasteiger partial charge on any atom is -0.495 e. The molecule has 1 aliphatic heterocycles. The number of nitrogens with one attached hydrogen (secondary N) is 1. The first-order valence-electron chi connectivity index (χ1n) is 10.2. The Balaban J connectivity index is 1.35. The average molecular weight is 422 g/mol. The Bertz CT molecular complexity index is 938. The molecular weight excluding hydrogens is 394 g/mol. The van der Waals surface area contributed by atoms with Gasteiger partial charge in [-0.05, 0) is 29.1 Å². The highest BCUT2D eigenvalue weighted by Gasteiger charge is 2.23. The van der Waals surface area contributed by atoms with Crippen LogP contribution in [0.25, 0.3) is 0 Å². The molecular formula is C24H27N3O2S. The van der Waals surface area contributed by atoms with Gasteiger partial charge in [-0.15, -0.1) is 11.3 Å². The number of hydrogen-bond acceptors (Lipinski definition) is 5. The first-order chi connectivity index (χ1) is 14.7. The van der Waals surface area contributed by atoms with E-state index in [9.17, 15) is 4.79 Å². The van der Waals surface area contributed by atoms with Gasteiger partial charge in [0.1, 0.15) is 5.75 Å². The third-order valence-electron chi connectivity index (χ3n) is 5.43. The summed E-state index contributed by atoms with van der Waals surface area (Å²) >= 11 is 1.67. The summed E-state index contributed by atoms with van der Waals surface area (Å²) in [5.74, 6) is 0.952. The fourth-order valence-electron chi connectivity index (χ4n) is 3.87. The lowest BCUT2D eigenvalue weighted by molar-refractivity contribution is -0.122. The number of para-hydroxylation sites is 2. The maximum Gasteiger partial charge on any atom is 0.234 e. The van der Waals surface area contributed by atoms with E-state index in [0.717, 1.165) is 48.1 Å². The van der Waals surface area contributed by atoms with Crippen molar-refractivity contribution in [2.45, 2.75) is 6.04 Å². The van der Waals surface area contributed by atoms with E-state index in [-0.39, 0.29) is 11.9 Å². The monoisotopic (exact) mass is 421 g/mol. The summed E-state index contributed by atoms with van der Waals surface area (Å²) < 4.78 is 5.49. The fourth-order valence-corrected chi connectivity index (χ4v) is 4.67. The molecule has 2 heterocycles. The largest absolute Gasteiger partial charge is 0.495 e. The molecule has 5 nitrogen and oxygen atoms in total. The lowest BCUT2D eigenvalue weighted by atomic mass is 10.1. The number of thiophene rings is 1. The number of carbonyl (C=O) groups excluding carboxylic acids is 1. The Morgan fingerprint density at radius 1 is 1.00 bits per heavy atom. The van der Waals surface area contributed by atoms with Gasteiger partial charge in [-0.1, -0.05) is 48.5 Å². The van der Waals surface area contributed by atoms with Crippen LogP contribution in [0.1, 0.15) is 16.5 Å². The van der Waals surface area contributed by atoms with E-state index >= 15 is 0 Å². The van der Waals surface area contributed by atoms with Gasteiger partial charge in [0, 0.05) is 31.1 Å². The fraction of sp³-hybridized carbons (Fsp3) is 0.292. The van der Waals surface area contributed by atoms with Crippen LogP contribution in [0, 0.1) is 0 Å². The van der Waals surface area contributed by atoms with Crippen molar-refractivity contribution >= 4 is 22.9 Å². The van der Waals surface area contributed by atoms with Crippen molar-refractivity contribution in [3.63, 3.8) is 0 Å². The zero-order chi connectivity index (χ0) is 20.8. The van der Waals surface area contributed by atoms with E-state index in [1.165, 1.54) is 0 Å². The van der Waals surface area contributed by atoms with Crippen molar-refractivity contribution in [2.24, 2.45) is 0 Å². The first-order valence-corrected chi connectivity index (χ1v) is 11.1. The Morgan fingerprint density at radius 2 is 1.73 bits per heavy atom. The van der Waals surface area contributed by atoms with Crippen LogP contribution in [-0.4, -0.2) is 50.6 Å². The number of nitrogens with zero attached hydrogens (tertiary/aromatic N) is 2. The second kappa shape index (κ2) is 9.78. The van der Waals surface area contributed by atoms with Crippen molar-refractivity contribution in [2.75, 3.05) is 44.7 Å². The maximum atomic E-state index is 12.9. The zero-order valence-electron chi connectivity index (χ0n) is 17.2. The third-order valence-corrected chi connectivity index (χ3v) is 6.37. The molecule has 6 heteroatoms. The molecule has 0 aliphatic carbocycles. The van der Waals surface area contributed by atoms with Crippen molar-refractivity contribution in [1.82, 2.24) is 10.2 Å². The molecule has 0 spiro atoms. The SMILES string of the molecule is COc1ccccc1N1CCN(CC(=O)NC(c2ccccc2)c2cccs2)CC1. The Morgan fingerprint density at radius 3 is 2.43 bits per heavy atom. The van der Waals surface area contributed by atoms with Crippen LogP contribution in [0.15, 0.2) is 72.1 Å². The summed E-state index contributed by atoms with van der Waals surface area (Å²) in [4.78, 5) is 18.6. The molecule has 0 saturated carbocycles. The van der Waals surface area contributed by atoms with Gasteiger partial charge in [0.05, 0.1) is 25.4 Å². The number of anilines is 1. The topological polar surface area (TPSA) is 44.8 Å². The number of methoxy groups -OCH3 is 1. The van der Waals surface area contributed by atoms with Crippen molar-refractivity contribution in [1.29, 1.82) is 0 Å². The molecule has 156 valence electrons. The van der Waals surface area contributed by atoms with E-state index < -0.39 is 0 Å². The standard InChI is InChI=1S/C24H27N3O2S/c1-29-21-11-6-5-10-20(21)27-15-13-26(14-16-27)18-23(28)25-24(22-12-7-17-30-22)19-8-3-2-4-9-19/h2-12,17,24H,13-16,18H2,1H3,(H,25,28). The third kappa shape index (κ3) is 4.83. The lowest BCUT2D eigenvalue weighted by Crippen LogP contribution is -2.50.